The molecule has 0 saturated carbocycles. The predicted octanol–water partition coefficient (Wildman–Crippen LogP) is 0.731. The SMILES string of the molecule is CCC1(c2nc(C3CN4CCN3CC4)no2)CCCN1. The third-order valence-electron chi connectivity index (χ3n) is 5.28. The molecule has 110 valence electrons. The zero-order valence-corrected chi connectivity index (χ0v) is 12.1. The molecule has 0 aliphatic carbocycles. The van der Waals surface area contributed by atoms with E-state index in [1.807, 2.05) is 0 Å². The molecule has 20 heavy (non-hydrogen) atoms. The number of piperazine rings is 3. The Hall–Kier alpha value is -0.980. The van der Waals surface area contributed by atoms with Gasteiger partial charge in [-0.2, -0.15) is 4.98 Å². The summed E-state index contributed by atoms with van der Waals surface area (Å²) < 4.78 is 5.63. The van der Waals surface area contributed by atoms with Crippen LogP contribution in [0, 0.1) is 0 Å². The summed E-state index contributed by atoms with van der Waals surface area (Å²) >= 11 is 0. The monoisotopic (exact) mass is 277 g/mol. The van der Waals surface area contributed by atoms with E-state index in [-0.39, 0.29) is 5.54 Å². The van der Waals surface area contributed by atoms with Crippen molar-refractivity contribution in [1.82, 2.24) is 25.3 Å². The Morgan fingerprint density at radius 2 is 2.20 bits per heavy atom. The van der Waals surface area contributed by atoms with E-state index in [0.717, 1.165) is 50.7 Å². The van der Waals surface area contributed by atoms with Crippen LogP contribution in [0.3, 0.4) is 0 Å². The van der Waals surface area contributed by atoms with Gasteiger partial charge < -0.3 is 9.84 Å². The van der Waals surface area contributed by atoms with Crippen molar-refractivity contribution in [1.29, 1.82) is 0 Å². The van der Waals surface area contributed by atoms with Gasteiger partial charge in [0.15, 0.2) is 5.82 Å². The summed E-state index contributed by atoms with van der Waals surface area (Å²) in [7, 11) is 0. The second-order valence-corrected chi connectivity index (χ2v) is 6.28. The van der Waals surface area contributed by atoms with E-state index in [1.54, 1.807) is 0 Å². The van der Waals surface area contributed by atoms with Crippen molar-refractivity contribution >= 4 is 0 Å². The van der Waals surface area contributed by atoms with Gasteiger partial charge >= 0.3 is 0 Å². The Morgan fingerprint density at radius 1 is 1.35 bits per heavy atom. The van der Waals surface area contributed by atoms with Crippen LogP contribution in [0.1, 0.15) is 43.9 Å². The molecule has 5 heterocycles. The minimum Gasteiger partial charge on any atom is -0.337 e. The summed E-state index contributed by atoms with van der Waals surface area (Å²) in [5.74, 6) is 1.68. The molecule has 0 radical (unpaired) electrons. The van der Waals surface area contributed by atoms with Crippen molar-refractivity contribution in [3.8, 4) is 0 Å². The Kier molecular flexibility index (Phi) is 3.05. The van der Waals surface area contributed by atoms with Crippen molar-refractivity contribution in [2.24, 2.45) is 0 Å². The van der Waals surface area contributed by atoms with Gasteiger partial charge in [-0.1, -0.05) is 12.1 Å². The Labute approximate surface area is 119 Å². The van der Waals surface area contributed by atoms with Crippen molar-refractivity contribution in [2.45, 2.75) is 37.8 Å². The first-order valence-electron chi connectivity index (χ1n) is 7.86. The van der Waals surface area contributed by atoms with E-state index >= 15 is 0 Å². The van der Waals surface area contributed by atoms with Gasteiger partial charge in [0.25, 0.3) is 0 Å². The first-order valence-corrected chi connectivity index (χ1v) is 7.86. The second-order valence-electron chi connectivity index (χ2n) is 6.28. The lowest BCUT2D eigenvalue weighted by atomic mass is 9.94. The highest BCUT2D eigenvalue weighted by molar-refractivity contribution is 5.09. The van der Waals surface area contributed by atoms with Crippen LogP contribution in [-0.2, 0) is 5.54 Å². The third-order valence-corrected chi connectivity index (χ3v) is 5.28. The lowest BCUT2D eigenvalue weighted by Gasteiger charge is -2.46. The number of hydrogen-bond donors (Lipinski definition) is 1. The van der Waals surface area contributed by atoms with Crippen LogP contribution >= 0.6 is 0 Å². The number of nitrogens with zero attached hydrogens (tertiary/aromatic N) is 4. The zero-order chi connectivity index (χ0) is 13.6. The molecule has 2 bridgehead atoms. The molecule has 1 aromatic rings. The molecule has 4 aliphatic rings. The van der Waals surface area contributed by atoms with Gasteiger partial charge in [-0.3, -0.25) is 9.80 Å². The summed E-state index contributed by atoms with van der Waals surface area (Å²) in [6, 6.07) is 0.324. The molecule has 0 aromatic carbocycles. The topological polar surface area (TPSA) is 57.4 Å². The highest BCUT2D eigenvalue weighted by Gasteiger charge is 2.41. The molecule has 2 atom stereocenters. The molecule has 0 amide bonds. The molecule has 6 heteroatoms. The standard InChI is InChI=1S/C14H23N5O/c1-2-14(4-3-5-15-14)13-16-12(17-20-13)11-10-18-6-8-19(11)9-7-18/h11,15H,2-10H2,1H3. The van der Waals surface area contributed by atoms with E-state index in [2.05, 4.69) is 27.2 Å². The van der Waals surface area contributed by atoms with Gasteiger partial charge in [-0.05, 0) is 25.8 Å². The van der Waals surface area contributed by atoms with Gasteiger partial charge in [-0.15, -0.1) is 0 Å². The quantitative estimate of drug-likeness (QED) is 0.879. The molecule has 2 unspecified atom stereocenters. The van der Waals surface area contributed by atoms with Crippen LogP contribution in [0.25, 0.3) is 0 Å². The summed E-state index contributed by atoms with van der Waals surface area (Å²) in [4.78, 5) is 9.77. The predicted molar refractivity (Wildman–Crippen MR) is 74.3 cm³/mol. The number of aromatic nitrogens is 2. The molecule has 4 saturated heterocycles. The van der Waals surface area contributed by atoms with Gasteiger partial charge in [0.1, 0.15) is 0 Å². The van der Waals surface area contributed by atoms with Crippen molar-refractivity contribution in [3.63, 3.8) is 0 Å². The number of rotatable bonds is 3. The fourth-order valence-electron chi connectivity index (χ4n) is 3.87. The van der Waals surface area contributed by atoms with E-state index in [1.165, 1.54) is 19.5 Å². The number of nitrogens with one attached hydrogen (secondary N) is 1. The zero-order valence-electron chi connectivity index (χ0n) is 12.1. The van der Waals surface area contributed by atoms with Gasteiger partial charge in [-0.25, -0.2) is 0 Å². The Bertz CT molecular complexity index is 474. The van der Waals surface area contributed by atoms with Gasteiger partial charge in [0.2, 0.25) is 5.89 Å². The fourth-order valence-corrected chi connectivity index (χ4v) is 3.87. The first-order chi connectivity index (χ1) is 9.81. The molecule has 6 nitrogen and oxygen atoms in total. The number of fused-ring (bicyclic) bond motifs is 3. The highest BCUT2D eigenvalue weighted by Crippen LogP contribution is 2.34. The maximum Gasteiger partial charge on any atom is 0.246 e. The summed E-state index contributed by atoms with van der Waals surface area (Å²) in [5, 5.41) is 7.87. The van der Waals surface area contributed by atoms with Crippen LogP contribution in [0.2, 0.25) is 0 Å². The van der Waals surface area contributed by atoms with Gasteiger partial charge in [0.05, 0.1) is 11.6 Å². The van der Waals surface area contributed by atoms with E-state index in [9.17, 15) is 0 Å². The van der Waals surface area contributed by atoms with Crippen LogP contribution in [0.15, 0.2) is 4.52 Å². The average molecular weight is 277 g/mol. The summed E-state index contributed by atoms with van der Waals surface area (Å²) in [6.07, 6.45) is 3.30. The third kappa shape index (κ3) is 1.89. The van der Waals surface area contributed by atoms with Gasteiger partial charge in [0, 0.05) is 32.7 Å². The van der Waals surface area contributed by atoms with E-state index in [0.29, 0.717) is 6.04 Å². The maximum absolute atomic E-state index is 5.63. The average Bonchev–Trinajstić information content (AvgIpc) is 3.18. The molecule has 1 N–H and O–H groups in total. The fraction of sp³-hybridized carbons (Fsp3) is 0.857. The largest absolute Gasteiger partial charge is 0.337 e. The first kappa shape index (κ1) is 12.7. The molecule has 5 rings (SSSR count). The van der Waals surface area contributed by atoms with E-state index < -0.39 is 0 Å². The maximum atomic E-state index is 5.63. The van der Waals surface area contributed by atoms with E-state index in [4.69, 9.17) is 9.51 Å². The summed E-state index contributed by atoms with van der Waals surface area (Å²) in [5.41, 5.74) is -0.0749. The Balaban J connectivity index is 1.59. The molecular formula is C14H23N5O. The second kappa shape index (κ2) is 4.79. The van der Waals surface area contributed by atoms with Crippen molar-refractivity contribution in [2.75, 3.05) is 39.3 Å². The van der Waals surface area contributed by atoms with Crippen LogP contribution < -0.4 is 5.32 Å². The molecule has 0 spiro atoms. The van der Waals surface area contributed by atoms with Crippen LogP contribution in [0.4, 0.5) is 0 Å². The van der Waals surface area contributed by atoms with Crippen LogP contribution in [-0.4, -0.2) is 59.2 Å². The molecular weight excluding hydrogens is 254 g/mol. The van der Waals surface area contributed by atoms with Crippen LogP contribution in [0.5, 0.6) is 0 Å². The minimum absolute atomic E-state index is 0.0749. The highest BCUT2D eigenvalue weighted by atomic mass is 16.5. The minimum atomic E-state index is -0.0749. The lowest BCUT2D eigenvalue weighted by molar-refractivity contribution is 0.00780. The van der Waals surface area contributed by atoms with Crippen molar-refractivity contribution < 1.29 is 4.52 Å². The summed E-state index contributed by atoms with van der Waals surface area (Å²) in [6.45, 7) is 8.92. The Morgan fingerprint density at radius 3 is 2.80 bits per heavy atom. The smallest absolute Gasteiger partial charge is 0.246 e. The molecule has 4 fully saturated rings. The molecule has 4 aliphatic heterocycles. The lowest BCUT2D eigenvalue weighted by Crippen LogP contribution is -2.57. The number of hydrogen-bond acceptors (Lipinski definition) is 6. The normalized spacial score (nSPS) is 40.4. The van der Waals surface area contributed by atoms with Crippen molar-refractivity contribution in [3.05, 3.63) is 11.7 Å². The molecule has 1 aromatic heterocycles.